The molecule has 0 saturated heterocycles. The van der Waals surface area contributed by atoms with Crippen LogP contribution in [0.3, 0.4) is 0 Å². The molecule has 8 heteroatoms. The molecule has 1 N–H and O–H groups in total. The molecule has 0 spiro atoms. The summed E-state index contributed by atoms with van der Waals surface area (Å²) in [6.45, 7) is 0. The van der Waals surface area contributed by atoms with Crippen molar-refractivity contribution in [2.24, 2.45) is 0 Å². The van der Waals surface area contributed by atoms with Crippen molar-refractivity contribution in [2.75, 3.05) is 0 Å². The largest absolute Gasteiger partial charge is 0.471 e. The summed E-state index contributed by atoms with van der Waals surface area (Å²) in [6, 6.07) is 7.59. The summed E-state index contributed by atoms with van der Waals surface area (Å²) in [5, 5.41) is 1.66. The molecule has 0 bridgehead atoms. The Morgan fingerprint density at radius 1 is 1.17 bits per heavy atom. The smallest absolute Gasteiger partial charge is 0.458 e. The number of alkyl halides is 3. The fourth-order valence-electron chi connectivity index (χ4n) is 2.42. The zero-order valence-electron chi connectivity index (χ0n) is 12.0. The van der Waals surface area contributed by atoms with Gasteiger partial charge >= 0.3 is 18.1 Å². The predicted molar refractivity (Wildman–Crippen MR) is 80.3 cm³/mol. The highest BCUT2D eigenvalue weighted by Crippen LogP contribution is 2.27. The lowest BCUT2D eigenvalue weighted by Crippen LogP contribution is -2.48. The summed E-state index contributed by atoms with van der Waals surface area (Å²) in [5.74, 6) is -2.54. The second-order valence-electron chi connectivity index (χ2n) is 5.36. The van der Waals surface area contributed by atoms with E-state index in [2.05, 4.69) is 12.6 Å². The molecule has 1 aliphatic carbocycles. The molecule has 23 heavy (non-hydrogen) atoms. The molecule has 1 aromatic carbocycles. The van der Waals surface area contributed by atoms with E-state index < -0.39 is 30.2 Å². The van der Waals surface area contributed by atoms with Crippen LogP contribution in [0.1, 0.15) is 29.6 Å². The first-order chi connectivity index (χ1) is 10.8. The van der Waals surface area contributed by atoms with Gasteiger partial charge in [-0.3, -0.25) is 4.79 Å². The third-order valence-corrected chi connectivity index (χ3v) is 4.21. The third-order valence-electron chi connectivity index (χ3n) is 3.62. The van der Waals surface area contributed by atoms with Gasteiger partial charge in [0.05, 0.1) is 5.56 Å². The molecule has 1 saturated carbocycles. The van der Waals surface area contributed by atoms with Gasteiger partial charge in [0.25, 0.3) is 0 Å². The molecular weight excluding hydrogens is 331 g/mol. The van der Waals surface area contributed by atoms with E-state index in [-0.39, 0.29) is 11.7 Å². The zero-order valence-corrected chi connectivity index (χ0v) is 12.9. The van der Waals surface area contributed by atoms with Crippen LogP contribution in [0.25, 0.3) is 0 Å². The Morgan fingerprint density at radius 2 is 1.83 bits per heavy atom. The van der Waals surface area contributed by atoms with E-state index in [1.165, 1.54) is 0 Å². The highest BCUT2D eigenvalue weighted by Gasteiger charge is 2.41. The lowest BCUT2D eigenvalue weighted by Gasteiger charge is -2.33. The van der Waals surface area contributed by atoms with Gasteiger partial charge in [0, 0.05) is 17.7 Å². The molecule has 1 fully saturated rings. The molecule has 126 valence electrons. The number of hydrogen-bond donors (Lipinski definition) is 2. The lowest BCUT2D eigenvalue weighted by molar-refractivity contribution is -0.174. The molecule has 1 aliphatic rings. The van der Waals surface area contributed by atoms with Crippen LogP contribution >= 0.6 is 12.6 Å². The lowest BCUT2D eigenvalue weighted by atomic mass is 9.92. The maximum atomic E-state index is 12.3. The van der Waals surface area contributed by atoms with Crippen molar-refractivity contribution in [1.29, 1.82) is 0 Å². The number of amides is 1. The first kappa shape index (κ1) is 17.7. The number of hydrogen-bond acceptors (Lipinski definition) is 4. The van der Waals surface area contributed by atoms with Crippen molar-refractivity contribution in [3.05, 3.63) is 35.9 Å². The first-order valence-electron chi connectivity index (χ1n) is 7.09. The van der Waals surface area contributed by atoms with Crippen LogP contribution in [-0.4, -0.2) is 35.4 Å². The number of carbonyl (C=O) groups excluding carboxylic acids is 2. The predicted octanol–water partition coefficient (Wildman–Crippen LogP) is 2.74. The Hall–Kier alpha value is -1.70. The van der Waals surface area contributed by atoms with Crippen LogP contribution in [0.15, 0.2) is 30.3 Å². The Kier molecular flexibility index (Phi) is 5.56. The van der Waals surface area contributed by atoms with Gasteiger partial charge in [-0.15, -0.1) is 0 Å². The number of halogens is 3. The van der Waals surface area contributed by atoms with E-state index in [4.69, 9.17) is 4.74 Å². The normalized spacial score (nSPS) is 24.8. The molecule has 1 amide bonds. The molecule has 2 rings (SSSR count). The Balaban J connectivity index is 1.96. The van der Waals surface area contributed by atoms with E-state index in [9.17, 15) is 22.8 Å². The van der Waals surface area contributed by atoms with Crippen molar-refractivity contribution in [1.82, 2.24) is 5.32 Å². The van der Waals surface area contributed by atoms with Gasteiger partial charge in [-0.1, -0.05) is 18.2 Å². The van der Waals surface area contributed by atoms with Crippen LogP contribution in [-0.2, 0) is 9.53 Å². The topological polar surface area (TPSA) is 55.4 Å². The summed E-state index contributed by atoms with van der Waals surface area (Å²) in [6.07, 6.45) is -4.67. The summed E-state index contributed by atoms with van der Waals surface area (Å²) < 4.78 is 42.2. The van der Waals surface area contributed by atoms with Gasteiger partial charge < -0.3 is 10.1 Å². The second kappa shape index (κ2) is 7.25. The highest BCUT2D eigenvalue weighted by atomic mass is 32.1. The number of esters is 1. The van der Waals surface area contributed by atoms with Crippen LogP contribution in [0, 0.1) is 0 Å². The van der Waals surface area contributed by atoms with E-state index in [0.717, 1.165) is 0 Å². The number of nitrogens with one attached hydrogen (secondary N) is 1. The number of thiol groups is 1. The summed E-state index contributed by atoms with van der Waals surface area (Å²) in [4.78, 5) is 23.0. The summed E-state index contributed by atoms with van der Waals surface area (Å²) >= 11 is 4.32. The second-order valence-corrected chi connectivity index (χ2v) is 6.02. The minimum Gasteiger partial charge on any atom is -0.458 e. The minimum absolute atomic E-state index is 0.106. The Morgan fingerprint density at radius 3 is 2.43 bits per heavy atom. The molecule has 0 radical (unpaired) electrons. The highest BCUT2D eigenvalue weighted by molar-refractivity contribution is 7.81. The zero-order chi connectivity index (χ0) is 17.0. The average Bonchev–Trinajstić information content (AvgIpc) is 2.50. The number of rotatable bonds is 3. The molecule has 1 aromatic rings. The van der Waals surface area contributed by atoms with E-state index in [0.29, 0.717) is 18.4 Å². The fourth-order valence-corrected chi connectivity index (χ4v) is 2.75. The van der Waals surface area contributed by atoms with Gasteiger partial charge in [0.15, 0.2) is 0 Å². The van der Waals surface area contributed by atoms with E-state index in [1.807, 2.05) is 5.32 Å². The van der Waals surface area contributed by atoms with Crippen LogP contribution in [0.2, 0.25) is 0 Å². The fraction of sp³-hybridized carbons (Fsp3) is 0.467. The third kappa shape index (κ3) is 4.89. The monoisotopic (exact) mass is 347 g/mol. The van der Waals surface area contributed by atoms with Crippen molar-refractivity contribution < 1.29 is 27.5 Å². The summed E-state index contributed by atoms with van der Waals surface area (Å²) in [5.41, 5.74) is 0.356. The number of carbonyl (C=O) groups is 2. The molecule has 0 heterocycles. The number of benzene rings is 1. The average molecular weight is 347 g/mol. The molecule has 0 aromatic heterocycles. The van der Waals surface area contributed by atoms with Crippen molar-refractivity contribution >= 4 is 24.5 Å². The van der Waals surface area contributed by atoms with Crippen molar-refractivity contribution in [2.45, 2.75) is 42.8 Å². The van der Waals surface area contributed by atoms with Gasteiger partial charge in [-0.05, 0) is 25.0 Å². The maximum absolute atomic E-state index is 12.3. The first-order valence-corrected chi connectivity index (χ1v) is 7.61. The van der Waals surface area contributed by atoms with Crippen LogP contribution in [0.5, 0.6) is 0 Å². The van der Waals surface area contributed by atoms with Crippen LogP contribution < -0.4 is 5.32 Å². The molecule has 3 atom stereocenters. The minimum atomic E-state index is -4.92. The molecule has 0 aliphatic heterocycles. The van der Waals surface area contributed by atoms with Gasteiger partial charge in [-0.2, -0.15) is 25.8 Å². The molecule has 4 nitrogen and oxygen atoms in total. The standard InChI is InChI=1S/C15H16F3NO3S/c16-15(17,18)14(21)19-10-6-7-12(23)11(8-10)22-13(20)9-4-2-1-3-5-9/h1-5,10-12,23H,6-8H2,(H,19,21)/t10-,11-,12-/m1/s1. The molecule has 0 unspecified atom stereocenters. The van der Waals surface area contributed by atoms with Gasteiger partial charge in [0.2, 0.25) is 0 Å². The SMILES string of the molecule is O=C(O[C@@H]1C[C@H](NC(=O)C(F)(F)F)CC[C@H]1S)c1ccccc1. The molecular formula is C15H16F3NO3S. The van der Waals surface area contributed by atoms with E-state index in [1.54, 1.807) is 30.3 Å². The quantitative estimate of drug-likeness (QED) is 0.653. The number of ether oxygens (including phenoxy) is 1. The van der Waals surface area contributed by atoms with Crippen molar-refractivity contribution in [3.63, 3.8) is 0 Å². The maximum Gasteiger partial charge on any atom is 0.471 e. The van der Waals surface area contributed by atoms with Crippen molar-refractivity contribution in [3.8, 4) is 0 Å². The van der Waals surface area contributed by atoms with Gasteiger partial charge in [-0.25, -0.2) is 4.79 Å². The summed E-state index contributed by atoms with van der Waals surface area (Å²) in [7, 11) is 0. The Labute approximate surface area is 136 Å². The van der Waals surface area contributed by atoms with Crippen LogP contribution in [0.4, 0.5) is 13.2 Å². The Bertz CT molecular complexity index is 565. The van der Waals surface area contributed by atoms with E-state index >= 15 is 0 Å². The van der Waals surface area contributed by atoms with Gasteiger partial charge in [0.1, 0.15) is 6.10 Å².